The van der Waals surface area contributed by atoms with E-state index in [1.54, 1.807) is 0 Å². The van der Waals surface area contributed by atoms with Gasteiger partial charge in [-0.3, -0.25) is 0 Å². The van der Waals surface area contributed by atoms with Crippen LogP contribution in [0.2, 0.25) is 0 Å². The van der Waals surface area contributed by atoms with Gasteiger partial charge in [0.25, 0.3) is 0 Å². The van der Waals surface area contributed by atoms with E-state index in [1.807, 2.05) is 0 Å². The molecule has 10 aromatic carbocycles. The van der Waals surface area contributed by atoms with Crippen LogP contribution in [0.15, 0.2) is 206 Å². The SMILES string of the molecule is Cc1cc(-c2ccccc2)ccc1N(c1ccc2c3ccccc3c3ccccc3c2c1)c1cccc2c1-c1ccccc1C21c2ccccc2-c2ccccc21. The van der Waals surface area contributed by atoms with E-state index >= 15 is 0 Å². The Morgan fingerprint density at radius 3 is 1.47 bits per heavy atom. The Hall–Kier alpha value is -7.22. The van der Waals surface area contributed by atoms with E-state index in [0.29, 0.717) is 0 Å². The van der Waals surface area contributed by atoms with Gasteiger partial charge in [0.2, 0.25) is 0 Å². The molecule has 1 heteroatoms. The minimum atomic E-state index is -0.425. The Balaban J connectivity index is 1.17. The smallest absolute Gasteiger partial charge is 0.0726 e. The van der Waals surface area contributed by atoms with Crippen LogP contribution in [0.4, 0.5) is 17.1 Å². The zero-order valence-electron chi connectivity index (χ0n) is 31.6. The lowest BCUT2D eigenvalue weighted by atomic mass is 9.70. The fourth-order valence-electron chi connectivity index (χ4n) is 10.5. The summed E-state index contributed by atoms with van der Waals surface area (Å²) < 4.78 is 0. The van der Waals surface area contributed by atoms with E-state index in [-0.39, 0.29) is 0 Å². The zero-order valence-corrected chi connectivity index (χ0v) is 31.6. The van der Waals surface area contributed by atoms with E-state index in [2.05, 4.69) is 218 Å². The number of nitrogens with zero attached hydrogens (tertiary/aromatic N) is 1. The van der Waals surface area contributed by atoms with Crippen LogP contribution >= 0.6 is 0 Å². The van der Waals surface area contributed by atoms with Crippen molar-refractivity contribution in [2.45, 2.75) is 12.3 Å². The van der Waals surface area contributed by atoms with Crippen LogP contribution < -0.4 is 4.90 Å². The summed E-state index contributed by atoms with van der Waals surface area (Å²) in [5, 5.41) is 7.65. The topological polar surface area (TPSA) is 3.24 Å². The molecule has 57 heavy (non-hydrogen) atoms. The second kappa shape index (κ2) is 12.1. The Morgan fingerprint density at radius 2 is 0.842 bits per heavy atom. The molecule has 1 spiro atoms. The Labute approximate surface area is 332 Å². The maximum atomic E-state index is 2.54. The van der Waals surface area contributed by atoms with Crippen molar-refractivity contribution in [1.29, 1.82) is 0 Å². The van der Waals surface area contributed by atoms with Gasteiger partial charge in [-0.1, -0.05) is 176 Å². The van der Waals surface area contributed by atoms with Crippen LogP contribution in [-0.2, 0) is 5.41 Å². The van der Waals surface area contributed by atoms with Crippen LogP contribution in [0.5, 0.6) is 0 Å². The van der Waals surface area contributed by atoms with Crippen molar-refractivity contribution in [2.24, 2.45) is 0 Å². The van der Waals surface area contributed by atoms with Crippen molar-refractivity contribution in [1.82, 2.24) is 0 Å². The van der Waals surface area contributed by atoms with E-state index in [1.165, 1.54) is 99.2 Å². The van der Waals surface area contributed by atoms with Crippen molar-refractivity contribution < 1.29 is 0 Å². The number of benzene rings is 10. The predicted molar refractivity (Wildman–Crippen MR) is 240 cm³/mol. The normalized spacial score (nSPS) is 13.1. The predicted octanol–water partition coefficient (Wildman–Crippen LogP) is 14.9. The summed E-state index contributed by atoms with van der Waals surface area (Å²) in [7, 11) is 0. The number of rotatable bonds is 4. The van der Waals surface area contributed by atoms with Crippen molar-refractivity contribution in [3.8, 4) is 33.4 Å². The average Bonchev–Trinajstić information content (AvgIpc) is 3.75. The standard InChI is InChI=1S/C56H37N/c1-36-34-38(37-16-3-2-4-17-37)30-33-53(36)57(39-31-32-44-42-20-6-5-18-40(42)41-19-7-8-21-43(41)48(44)35-39)54-29-15-28-52-55(54)47-24-11-14-27-51(47)56(52)49-25-12-9-22-45(49)46-23-10-13-26-50(46)56/h2-35H,1H3. The molecule has 0 aliphatic heterocycles. The lowest BCUT2D eigenvalue weighted by molar-refractivity contribution is 0.794. The number of hydrogen-bond acceptors (Lipinski definition) is 1. The van der Waals surface area contributed by atoms with Crippen LogP contribution in [0.1, 0.15) is 27.8 Å². The fraction of sp³-hybridized carbons (Fsp3) is 0.0357. The van der Waals surface area contributed by atoms with Gasteiger partial charge in [-0.15, -0.1) is 0 Å². The summed E-state index contributed by atoms with van der Waals surface area (Å²) in [6.45, 7) is 2.26. The highest BCUT2D eigenvalue weighted by atomic mass is 15.1. The average molecular weight is 724 g/mol. The third kappa shape index (κ3) is 4.40. The first-order valence-electron chi connectivity index (χ1n) is 19.9. The van der Waals surface area contributed by atoms with E-state index in [4.69, 9.17) is 0 Å². The molecule has 0 saturated carbocycles. The number of fused-ring (bicyclic) bond motifs is 16. The lowest BCUT2D eigenvalue weighted by Crippen LogP contribution is -2.26. The van der Waals surface area contributed by atoms with Gasteiger partial charge in [0.05, 0.1) is 11.1 Å². The monoisotopic (exact) mass is 723 g/mol. The molecule has 0 bridgehead atoms. The van der Waals surface area contributed by atoms with Gasteiger partial charge < -0.3 is 4.90 Å². The van der Waals surface area contributed by atoms with Crippen molar-refractivity contribution in [3.05, 3.63) is 234 Å². The molecule has 2 aliphatic rings. The van der Waals surface area contributed by atoms with Crippen molar-refractivity contribution in [3.63, 3.8) is 0 Å². The Morgan fingerprint density at radius 1 is 0.333 bits per heavy atom. The minimum absolute atomic E-state index is 0.425. The summed E-state index contributed by atoms with van der Waals surface area (Å²) in [6.07, 6.45) is 0. The van der Waals surface area contributed by atoms with Gasteiger partial charge >= 0.3 is 0 Å². The first-order chi connectivity index (χ1) is 28.2. The van der Waals surface area contributed by atoms with Gasteiger partial charge in [0.1, 0.15) is 0 Å². The van der Waals surface area contributed by atoms with Crippen molar-refractivity contribution >= 4 is 49.4 Å². The van der Waals surface area contributed by atoms with Crippen molar-refractivity contribution in [2.75, 3.05) is 4.90 Å². The molecular formula is C56H37N. The van der Waals surface area contributed by atoms with Gasteiger partial charge in [-0.05, 0) is 125 Å². The quantitative estimate of drug-likeness (QED) is 0.163. The molecule has 1 nitrogen and oxygen atoms in total. The minimum Gasteiger partial charge on any atom is -0.310 e. The zero-order chi connectivity index (χ0) is 37.7. The largest absolute Gasteiger partial charge is 0.310 e. The molecule has 0 aromatic heterocycles. The molecule has 266 valence electrons. The summed E-state index contributed by atoms with van der Waals surface area (Å²) in [5.41, 5.74) is 17.3. The molecule has 2 aliphatic carbocycles. The lowest BCUT2D eigenvalue weighted by Gasteiger charge is -2.32. The molecule has 0 heterocycles. The second-order valence-corrected chi connectivity index (χ2v) is 15.6. The first-order valence-corrected chi connectivity index (χ1v) is 19.9. The molecule has 0 saturated heterocycles. The molecule has 10 aromatic rings. The van der Waals surface area contributed by atoms with Gasteiger partial charge in [0, 0.05) is 16.9 Å². The molecule has 12 rings (SSSR count). The van der Waals surface area contributed by atoms with E-state index in [9.17, 15) is 0 Å². The molecule has 0 N–H and O–H groups in total. The summed E-state index contributed by atoms with van der Waals surface area (Å²) in [5.74, 6) is 0. The Bertz CT molecular complexity index is 3180. The Kier molecular flexibility index (Phi) is 6.83. The molecule has 0 amide bonds. The van der Waals surface area contributed by atoms with Crippen LogP contribution in [0.25, 0.3) is 65.7 Å². The maximum Gasteiger partial charge on any atom is 0.0726 e. The van der Waals surface area contributed by atoms with Crippen LogP contribution in [-0.4, -0.2) is 0 Å². The summed E-state index contributed by atoms with van der Waals surface area (Å²) >= 11 is 0. The van der Waals surface area contributed by atoms with E-state index in [0.717, 1.165) is 11.4 Å². The molecule has 0 atom stereocenters. The van der Waals surface area contributed by atoms with Crippen LogP contribution in [0.3, 0.4) is 0 Å². The van der Waals surface area contributed by atoms with Gasteiger partial charge in [-0.25, -0.2) is 0 Å². The second-order valence-electron chi connectivity index (χ2n) is 15.6. The summed E-state index contributed by atoms with van der Waals surface area (Å²) in [6, 6.07) is 76.8. The fourth-order valence-corrected chi connectivity index (χ4v) is 10.5. The first kappa shape index (κ1) is 32.1. The molecule has 0 radical (unpaired) electrons. The van der Waals surface area contributed by atoms with E-state index < -0.39 is 5.41 Å². The third-order valence-corrected chi connectivity index (χ3v) is 12.8. The molecular weight excluding hydrogens is 687 g/mol. The maximum absolute atomic E-state index is 2.54. The third-order valence-electron chi connectivity index (χ3n) is 12.8. The molecule has 0 unspecified atom stereocenters. The number of hydrogen-bond donors (Lipinski definition) is 0. The highest BCUT2D eigenvalue weighted by Crippen LogP contribution is 2.64. The highest BCUT2D eigenvalue weighted by Gasteiger charge is 2.52. The molecule has 0 fully saturated rings. The number of aryl methyl sites for hydroxylation is 1. The van der Waals surface area contributed by atoms with Gasteiger partial charge in [0.15, 0.2) is 0 Å². The summed E-state index contributed by atoms with van der Waals surface area (Å²) in [4.78, 5) is 2.54. The van der Waals surface area contributed by atoms with Crippen LogP contribution in [0, 0.1) is 6.92 Å². The number of anilines is 3. The van der Waals surface area contributed by atoms with Gasteiger partial charge in [-0.2, -0.15) is 0 Å². The highest BCUT2D eigenvalue weighted by molar-refractivity contribution is 6.26.